The third-order valence-electron chi connectivity index (χ3n) is 3.04. The van der Waals surface area contributed by atoms with E-state index in [-0.39, 0.29) is 5.60 Å². The molecule has 0 aliphatic heterocycles. The van der Waals surface area contributed by atoms with E-state index in [1.807, 2.05) is 32.9 Å². The van der Waals surface area contributed by atoms with Crippen molar-refractivity contribution in [2.75, 3.05) is 17.2 Å². The van der Waals surface area contributed by atoms with E-state index in [0.717, 1.165) is 18.8 Å². The lowest BCUT2D eigenvalue weighted by atomic mass is 10.2. The fraction of sp³-hybridized carbons (Fsp3) is 0.667. The van der Waals surface area contributed by atoms with E-state index in [1.165, 1.54) is 0 Å². The van der Waals surface area contributed by atoms with Gasteiger partial charge in [0, 0.05) is 12.6 Å². The van der Waals surface area contributed by atoms with Crippen molar-refractivity contribution >= 4 is 11.5 Å². The summed E-state index contributed by atoms with van der Waals surface area (Å²) in [6, 6.07) is 4.28. The van der Waals surface area contributed by atoms with E-state index in [1.54, 1.807) is 0 Å². The molecule has 0 saturated heterocycles. The maximum Gasteiger partial charge on any atom is 0.239 e. The Morgan fingerprint density at radius 1 is 1.32 bits per heavy atom. The number of rotatable bonds is 5. The summed E-state index contributed by atoms with van der Waals surface area (Å²) < 4.78 is 5.82. The van der Waals surface area contributed by atoms with Crippen molar-refractivity contribution in [3.63, 3.8) is 0 Å². The van der Waals surface area contributed by atoms with Crippen molar-refractivity contribution in [2.24, 2.45) is 0 Å². The maximum absolute atomic E-state index is 5.94. The third-order valence-corrected chi connectivity index (χ3v) is 3.04. The fourth-order valence-corrected chi connectivity index (χ4v) is 1.89. The molecular formula is C15H27N3O. The van der Waals surface area contributed by atoms with Crippen molar-refractivity contribution in [2.45, 2.75) is 59.6 Å². The van der Waals surface area contributed by atoms with Gasteiger partial charge in [-0.15, -0.1) is 0 Å². The van der Waals surface area contributed by atoms with Crippen LogP contribution in [0.25, 0.3) is 0 Å². The van der Waals surface area contributed by atoms with Crippen LogP contribution in [0.4, 0.5) is 11.5 Å². The lowest BCUT2D eigenvalue weighted by molar-refractivity contribution is 0.125. The van der Waals surface area contributed by atoms with Crippen LogP contribution in [0.1, 0.15) is 48.0 Å². The number of pyridine rings is 1. The Labute approximate surface area is 117 Å². The fourth-order valence-electron chi connectivity index (χ4n) is 1.89. The SMILES string of the molecule is CCC(C)N(CC)c1ccc(N)c(OC(C)(C)C)n1. The van der Waals surface area contributed by atoms with Gasteiger partial charge >= 0.3 is 0 Å². The van der Waals surface area contributed by atoms with Gasteiger partial charge in [0.25, 0.3) is 0 Å². The molecule has 108 valence electrons. The van der Waals surface area contributed by atoms with Gasteiger partial charge in [-0.1, -0.05) is 6.92 Å². The minimum Gasteiger partial charge on any atom is -0.470 e. The van der Waals surface area contributed by atoms with Crippen LogP contribution in [0, 0.1) is 0 Å². The van der Waals surface area contributed by atoms with Gasteiger partial charge in [-0.25, -0.2) is 0 Å². The largest absolute Gasteiger partial charge is 0.470 e. The number of aromatic nitrogens is 1. The van der Waals surface area contributed by atoms with Crippen LogP contribution < -0.4 is 15.4 Å². The van der Waals surface area contributed by atoms with Crippen molar-refractivity contribution < 1.29 is 4.74 Å². The van der Waals surface area contributed by atoms with Crippen LogP contribution in [0.15, 0.2) is 12.1 Å². The molecule has 0 aliphatic rings. The summed E-state index contributed by atoms with van der Waals surface area (Å²) in [5, 5.41) is 0. The molecule has 1 rings (SSSR count). The van der Waals surface area contributed by atoms with Crippen LogP contribution in [0.5, 0.6) is 5.88 Å². The van der Waals surface area contributed by atoms with Gasteiger partial charge < -0.3 is 15.4 Å². The van der Waals surface area contributed by atoms with Gasteiger partial charge in [-0.3, -0.25) is 0 Å². The molecule has 0 fully saturated rings. The van der Waals surface area contributed by atoms with Gasteiger partial charge in [0.2, 0.25) is 5.88 Å². The molecule has 1 aromatic heterocycles. The van der Waals surface area contributed by atoms with Crippen molar-refractivity contribution in [3.05, 3.63) is 12.1 Å². The van der Waals surface area contributed by atoms with Crippen LogP contribution in [0.3, 0.4) is 0 Å². The zero-order valence-corrected chi connectivity index (χ0v) is 13.0. The van der Waals surface area contributed by atoms with Crippen LogP contribution in [-0.2, 0) is 0 Å². The molecule has 0 saturated carbocycles. The number of anilines is 2. The third kappa shape index (κ3) is 4.30. The molecule has 0 spiro atoms. The molecule has 4 nitrogen and oxygen atoms in total. The van der Waals surface area contributed by atoms with Gasteiger partial charge in [-0.05, 0) is 53.2 Å². The van der Waals surface area contributed by atoms with Crippen LogP contribution in [0.2, 0.25) is 0 Å². The quantitative estimate of drug-likeness (QED) is 0.885. The molecule has 1 aromatic rings. The second-order valence-corrected chi connectivity index (χ2v) is 5.82. The smallest absolute Gasteiger partial charge is 0.239 e. The standard InChI is InChI=1S/C15H27N3O/c1-7-11(3)18(8-2)13-10-9-12(16)14(17-13)19-15(4,5)6/h9-11H,7-8,16H2,1-6H3. The van der Waals surface area contributed by atoms with E-state index in [0.29, 0.717) is 17.6 Å². The molecule has 0 aliphatic carbocycles. The monoisotopic (exact) mass is 265 g/mol. The van der Waals surface area contributed by atoms with Gasteiger partial charge in [0.1, 0.15) is 11.4 Å². The molecule has 4 heteroatoms. The molecule has 2 N–H and O–H groups in total. The molecule has 1 heterocycles. The second kappa shape index (κ2) is 6.13. The predicted molar refractivity (Wildman–Crippen MR) is 81.8 cm³/mol. The Kier molecular flexibility index (Phi) is 5.04. The van der Waals surface area contributed by atoms with Gasteiger partial charge in [-0.2, -0.15) is 4.98 Å². The summed E-state index contributed by atoms with van der Waals surface area (Å²) in [5.74, 6) is 1.44. The van der Waals surface area contributed by atoms with E-state index < -0.39 is 0 Å². The summed E-state index contributed by atoms with van der Waals surface area (Å²) in [6.45, 7) is 13.4. The summed E-state index contributed by atoms with van der Waals surface area (Å²) >= 11 is 0. The summed E-state index contributed by atoms with van der Waals surface area (Å²) in [5.41, 5.74) is 6.22. The second-order valence-electron chi connectivity index (χ2n) is 5.82. The van der Waals surface area contributed by atoms with Crippen molar-refractivity contribution in [1.82, 2.24) is 4.98 Å². The van der Waals surface area contributed by atoms with E-state index in [4.69, 9.17) is 10.5 Å². The molecule has 0 aromatic carbocycles. The minimum absolute atomic E-state index is 0.298. The molecule has 0 amide bonds. The minimum atomic E-state index is -0.298. The Morgan fingerprint density at radius 2 is 1.95 bits per heavy atom. The first-order chi connectivity index (χ1) is 8.78. The van der Waals surface area contributed by atoms with E-state index in [9.17, 15) is 0 Å². The molecule has 0 bridgehead atoms. The number of nitrogens with zero attached hydrogens (tertiary/aromatic N) is 2. The molecule has 0 radical (unpaired) electrons. The van der Waals surface area contributed by atoms with Crippen molar-refractivity contribution in [3.8, 4) is 5.88 Å². The summed E-state index contributed by atoms with van der Waals surface area (Å²) in [6.07, 6.45) is 1.08. The Morgan fingerprint density at radius 3 is 2.42 bits per heavy atom. The molecule has 1 atom stereocenters. The normalized spacial score (nSPS) is 13.2. The van der Waals surface area contributed by atoms with Gasteiger partial charge in [0.15, 0.2) is 0 Å². The van der Waals surface area contributed by atoms with Crippen LogP contribution in [-0.4, -0.2) is 23.2 Å². The summed E-state index contributed by atoms with van der Waals surface area (Å²) in [4.78, 5) is 6.84. The summed E-state index contributed by atoms with van der Waals surface area (Å²) in [7, 11) is 0. The number of ether oxygens (including phenoxy) is 1. The van der Waals surface area contributed by atoms with E-state index >= 15 is 0 Å². The topological polar surface area (TPSA) is 51.4 Å². The number of hydrogen-bond donors (Lipinski definition) is 1. The lowest BCUT2D eigenvalue weighted by Crippen LogP contribution is -2.33. The highest BCUT2D eigenvalue weighted by molar-refractivity contribution is 5.55. The molecular weight excluding hydrogens is 238 g/mol. The van der Waals surface area contributed by atoms with E-state index in [2.05, 4.69) is 30.7 Å². The predicted octanol–water partition coefficient (Wildman–Crippen LogP) is 3.47. The van der Waals surface area contributed by atoms with Gasteiger partial charge in [0.05, 0.1) is 5.69 Å². The number of hydrogen-bond acceptors (Lipinski definition) is 4. The highest BCUT2D eigenvalue weighted by Gasteiger charge is 2.18. The lowest BCUT2D eigenvalue weighted by Gasteiger charge is -2.29. The molecule has 19 heavy (non-hydrogen) atoms. The average molecular weight is 265 g/mol. The maximum atomic E-state index is 5.94. The highest BCUT2D eigenvalue weighted by atomic mass is 16.5. The Balaban J connectivity index is 3.07. The first-order valence-electron chi connectivity index (χ1n) is 7.00. The molecule has 1 unspecified atom stereocenters. The van der Waals surface area contributed by atoms with Crippen LogP contribution >= 0.6 is 0 Å². The highest BCUT2D eigenvalue weighted by Crippen LogP contribution is 2.27. The first kappa shape index (κ1) is 15.6. The first-order valence-corrected chi connectivity index (χ1v) is 7.00. The number of nitrogens with two attached hydrogens (primary N) is 1. The average Bonchev–Trinajstić information content (AvgIpc) is 2.32. The van der Waals surface area contributed by atoms with Crippen molar-refractivity contribution in [1.29, 1.82) is 0 Å². The Bertz CT molecular complexity index is 412. The zero-order chi connectivity index (χ0) is 14.6. The number of nitrogen functional groups attached to an aromatic ring is 1. The zero-order valence-electron chi connectivity index (χ0n) is 13.0. The Hall–Kier alpha value is -1.45.